The third-order valence-corrected chi connectivity index (χ3v) is 6.77. The van der Waals surface area contributed by atoms with E-state index in [0.29, 0.717) is 12.3 Å². The molecule has 0 saturated heterocycles. The molecule has 0 bridgehead atoms. The highest BCUT2D eigenvalue weighted by Gasteiger charge is 2.58. The van der Waals surface area contributed by atoms with Crippen LogP contribution < -0.4 is 0 Å². The molecule has 1 heterocycles. The van der Waals surface area contributed by atoms with Crippen LogP contribution >= 0.6 is 0 Å². The van der Waals surface area contributed by atoms with Gasteiger partial charge in [-0.3, -0.25) is 0 Å². The number of rotatable bonds is 3. The van der Waals surface area contributed by atoms with Gasteiger partial charge in [0.2, 0.25) is 0 Å². The van der Waals surface area contributed by atoms with Gasteiger partial charge >= 0.3 is 0 Å². The molecule has 1 aromatic heterocycles. The van der Waals surface area contributed by atoms with Crippen molar-refractivity contribution in [3.63, 3.8) is 0 Å². The maximum atomic E-state index is 10.8. The maximum absolute atomic E-state index is 10.8. The Balaban J connectivity index is 1.88. The van der Waals surface area contributed by atoms with E-state index in [9.17, 15) is 10.2 Å². The lowest BCUT2D eigenvalue weighted by Crippen LogP contribution is -2.59. The van der Waals surface area contributed by atoms with Gasteiger partial charge in [0.1, 0.15) is 0 Å². The summed E-state index contributed by atoms with van der Waals surface area (Å²) in [6, 6.07) is 2.02. The van der Waals surface area contributed by atoms with Crippen molar-refractivity contribution >= 4 is 0 Å². The summed E-state index contributed by atoms with van der Waals surface area (Å²) in [7, 11) is 0. The molecule has 1 aromatic rings. The van der Waals surface area contributed by atoms with Gasteiger partial charge in [-0.15, -0.1) is 0 Å². The maximum Gasteiger partial charge on any atom is 0.0934 e. The van der Waals surface area contributed by atoms with Crippen LogP contribution in [0.5, 0.6) is 0 Å². The van der Waals surface area contributed by atoms with Crippen molar-refractivity contribution in [2.24, 2.45) is 22.7 Å². The van der Waals surface area contributed by atoms with Gasteiger partial charge in [0.15, 0.2) is 0 Å². The molecule has 0 spiro atoms. The van der Waals surface area contributed by atoms with Crippen LogP contribution in [0.1, 0.15) is 52.0 Å². The number of hydrogen-bond donors (Lipinski definition) is 2. The van der Waals surface area contributed by atoms with Crippen molar-refractivity contribution in [1.82, 2.24) is 0 Å². The Morgan fingerprint density at radius 1 is 1.30 bits per heavy atom. The van der Waals surface area contributed by atoms with Crippen molar-refractivity contribution in [1.29, 1.82) is 0 Å². The zero-order valence-electron chi connectivity index (χ0n) is 14.6. The van der Waals surface area contributed by atoms with E-state index in [1.165, 1.54) is 11.1 Å². The normalized spacial score (nSPS) is 40.0. The summed E-state index contributed by atoms with van der Waals surface area (Å²) < 4.78 is 5.18. The van der Waals surface area contributed by atoms with Gasteiger partial charge in [-0.1, -0.05) is 32.9 Å². The summed E-state index contributed by atoms with van der Waals surface area (Å²) in [6.45, 7) is 10.8. The average Bonchev–Trinajstić information content (AvgIpc) is 2.95. The van der Waals surface area contributed by atoms with Crippen LogP contribution in [0.4, 0.5) is 0 Å². The quantitative estimate of drug-likeness (QED) is 0.830. The highest BCUT2D eigenvalue weighted by molar-refractivity contribution is 5.20. The molecule has 0 aliphatic heterocycles. The Labute approximate surface area is 139 Å². The zero-order valence-corrected chi connectivity index (χ0v) is 14.6. The monoisotopic (exact) mass is 318 g/mol. The van der Waals surface area contributed by atoms with E-state index in [-0.39, 0.29) is 22.9 Å². The van der Waals surface area contributed by atoms with Crippen molar-refractivity contribution in [3.05, 3.63) is 36.3 Å². The Kier molecular flexibility index (Phi) is 4.22. The second-order valence-electron chi connectivity index (χ2n) is 8.51. The number of hydrogen-bond acceptors (Lipinski definition) is 3. The smallest absolute Gasteiger partial charge is 0.0934 e. The molecule has 0 aromatic carbocycles. The third-order valence-electron chi connectivity index (χ3n) is 6.77. The number of aryl methyl sites for hydroxylation is 1. The van der Waals surface area contributed by atoms with E-state index in [2.05, 4.69) is 27.4 Å². The first-order chi connectivity index (χ1) is 10.8. The van der Waals surface area contributed by atoms with E-state index in [1.54, 1.807) is 6.26 Å². The summed E-state index contributed by atoms with van der Waals surface area (Å²) in [5.41, 5.74) is 2.13. The molecular formula is C20H30O3. The molecule has 3 nitrogen and oxygen atoms in total. The van der Waals surface area contributed by atoms with Crippen LogP contribution in [0.15, 0.2) is 35.2 Å². The van der Waals surface area contributed by atoms with Crippen molar-refractivity contribution in [2.45, 2.75) is 65.1 Å². The van der Waals surface area contributed by atoms with Gasteiger partial charge in [-0.05, 0) is 66.4 Å². The predicted molar refractivity (Wildman–Crippen MR) is 90.9 cm³/mol. The number of aliphatic hydroxyl groups is 2. The third kappa shape index (κ3) is 2.68. The average molecular weight is 318 g/mol. The molecule has 2 N–H and O–H groups in total. The first kappa shape index (κ1) is 16.8. The Bertz CT molecular complexity index is 559. The summed E-state index contributed by atoms with van der Waals surface area (Å²) in [5, 5.41) is 21.3. The summed E-state index contributed by atoms with van der Waals surface area (Å²) in [5.74, 6) is 0.496. The molecule has 5 atom stereocenters. The number of furan rings is 1. The molecule has 3 rings (SSSR count). The van der Waals surface area contributed by atoms with Crippen molar-refractivity contribution in [2.75, 3.05) is 0 Å². The minimum Gasteiger partial charge on any atom is -0.472 e. The fourth-order valence-corrected chi connectivity index (χ4v) is 5.63. The lowest BCUT2D eigenvalue weighted by molar-refractivity contribution is -0.168. The van der Waals surface area contributed by atoms with E-state index in [0.717, 1.165) is 25.7 Å². The van der Waals surface area contributed by atoms with Crippen LogP contribution in [0.25, 0.3) is 0 Å². The summed E-state index contributed by atoms with van der Waals surface area (Å²) in [6.07, 6.45) is 7.22. The minimum absolute atomic E-state index is 0.00121. The highest BCUT2D eigenvalue weighted by atomic mass is 16.3. The Hall–Kier alpha value is -1.06. The molecular weight excluding hydrogens is 288 g/mol. The van der Waals surface area contributed by atoms with Gasteiger partial charge < -0.3 is 14.6 Å². The lowest BCUT2D eigenvalue weighted by Gasteiger charge is -2.61. The minimum atomic E-state index is -0.400. The lowest BCUT2D eigenvalue weighted by atomic mass is 9.45. The largest absolute Gasteiger partial charge is 0.472 e. The van der Waals surface area contributed by atoms with Gasteiger partial charge in [0.25, 0.3) is 0 Å². The fourth-order valence-electron chi connectivity index (χ4n) is 5.63. The summed E-state index contributed by atoms with van der Waals surface area (Å²) in [4.78, 5) is 0. The molecule has 0 radical (unpaired) electrons. The molecule has 23 heavy (non-hydrogen) atoms. The molecule has 128 valence electrons. The van der Waals surface area contributed by atoms with Crippen LogP contribution in [-0.2, 0) is 6.42 Å². The van der Waals surface area contributed by atoms with Crippen molar-refractivity contribution < 1.29 is 14.6 Å². The molecule has 0 amide bonds. The zero-order chi connectivity index (χ0) is 16.8. The van der Waals surface area contributed by atoms with Crippen molar-refractivity contribution in [3.8, 4) is 0 Å². The Morgan fingerprint density at radius 2 is 2.04 bits per heavy atom. The number of fused-ring (bicyclic) bond motifs is 1. The molecule has 2 aliphatic carbocycles. The van der Waals surface area contributed by atoms with Crippen LogP contribution in [0.2, 0.25) is 0 Å². The molecule has 2 saturated carbocycles. The fraction of sp³-hybridized carbons (Fsp3) is 0.700. The second kappa shape index (κ2) is 5.78. The SMILES string of the molecule is C=C1C[C@@H](O)[C@@H]2C(C)(C)[C@H](O)CC[C@@]2(C)[C@@H]1CCc1ccoc1. The van der Waals surface area contributed by atoms with E-state index in [4.69, 9.17) is 4.42 Å². The van der Waals surface area contributed by atoms with Crippen LogP contribution in [-0.4, -0.2) is 22.4 Å². The standard InChI is InChI=1S/C20H30O3/c1-13-11-16(21)18-19(2,3)17(22)7-9-20(18,4)15(13)6-5-14-8-10-23-12-14/h8,10,12,15-18,21-22H,1,5-7,9,11H2,2-4H3/t15-,16-,17-,18-,20+/m1/s1. The van der Waals surface area contributed by atoms with E-state index in [1.807, 2.05) is 12.3 Å². The Morgan fingerprint density at radius 3 is 2.70 bits per heavy atom. The second-order valence-corrected chi connectivity index (χ2v) is 8.51. The van der Waals surface area contributed by atoms with Gasteiger partial charge in [-0.2, -0.15) is 0 Å². The van der Waals surface area contributed by atoms with E-state index < -0.39 is 6.10 Å². The van der Waals surface area contributed by atoms with Crippen LogP contribution in [0, 0.1) is 22.7 Å². The first-order valence-electron chi connectivity index (χ1n) is 8.81. The van der Waals surface area contributed by atoms with Crippen LogP contribution in [0.3, 0.4) is 0 Å². The van der Waals surface area contributed by atoms with Gasteiger partial charge in [0.05, 0.1) is 24.7 Å². The predicted octanol–water partition coefficient (Wildman–Crippen LogP) is 3.95. The molecule has 2 fully saturated rings. The van der Waals surface area contributed by atoms with Gasteiger partial charge in [-0.25, -0.2) is 0 Å². The topological polar surface area (TPSA) is 53.6 Å². The van der Waals surface area contributed by atoms with Gasteiger partial charge in [0, 0.05) is 0 Å². The molecule has 2 aliphatic rings. The number of aliphatic hydroxyl groups excluding tert-OH is 2. The molecule has 0 unspecified atom stereocenters. The first-order valence-corrected chi connectivity index (χ1v) is 8.81. The highest BCUT2D eigenvalue weighted by Crippen LogP contribution is 2.61. The summed E-state index contributed by atoms with van der Waals surface area (Å²) >= 11 is 0. The molecule has 3 heteroatoms. The van der Waals surface area contributed by atoms with E-state index >= 15 is 0 Å².